The Labute approximate surface area is 84.6 Å². The Morgan fingerprint density at radius 2 is 2.00 bits per heavy atom. The van der Waals surface area contributed by atoms with Crippen LogP contribution in [0, 0.1) is 0 Å². The minimum atomic E-state index is -3.09. The summed E-state index contributed by atoms with van der Waals surface area (Å²) >= 11 is 0. The van der Waals surface area contributed by atoms with Crippen LogP contribution in [0.1, 0.15) is 13.3 Å². The molecular formula is C8H17NO4S. The van der Waals surface area contributed by atoms with E-state index in [1.165, 1.54) is 11.9 Å². The molecule has 0 bridgehead atoms. The van der Waals surface area contributed by atoms with Gasteiger partial charge in [-0.25, -0.2) is 8.42 Å². The van der Waals surface area contributed by atoms with Crippen LogP contribution in [0.5, 0.6) is 0 Å². The van der Waals surface area contributed by atoms with Crippen molar-refractivity contribution in [2.45, 2.75) is 19.4 Å². The summed E-state index contributed by atoms with van der Waals surface area (Å²) in [5, 5.41) is 8.99. The monoisotopic (exact) mass is 223 g/mol. The van der Waals surface area contributed by atoms with Gasteiger partial charge in [-0.1, -0.05) is 0 Å². The van der Waals surface area contributed by atoms with E-state index in [2.05, 4.69) is 0 Å². The van der Waals surface area contributed by atoms with Crippen LogP contribution < -0.4 is 0 Å². The molecule has 14 heavy (non-hydrogen) atoms. The van der Waals surface area contributed by atoms with E-state index in [0.717, 1.165) is 6.26 Å². The number of nitrogens with zero attached hydrogens (tertiary/aromatic N) is 1. The first-order valence-corrected chi connectivity index (χ1v) is 6.38. The molecule has 1 unspecified atom stereocenters. The molecule has 1 amide bonds. The van der Waals surface area contributed by atoms with Gasteiger partial charge in [-0.15, -0.1) is 0 Å². The summed E-state index contributed by atoms with van der Waals surface area (Å²) in [5.74, 6) is -0.410. The van der Waals surface area contributed by atoms with E-state index >= 15 is 0 Å². The summed E-state index contributed by atoms with van der Waals surface area (Å²) in [5.41, 5.74) is 0. The molecule has 0 aliphatic carbocycles. The maximum atomic E-state index is 11.3. The minimum Gasteiger partial charge on any atom is -0.392 e. The summed E-state index contributed by atoms with van der Waals surface area (Å²) in [6.45, 7) is 1.79. The molecular weight excluding hydrogens is 206 g/mol. The van der Waals surface area contributed by atoms with Crippen LogP contribution in [0.25, 0.3) is 0 Å². The number of sulfone groups is 1. The van der Waals surface area contributed by atoms with Crippen LogP contribution in [0.2, 0.25) is 0 Å². The molecule has 1 N–H and O–H groups in total. The van der Waals surface area contributed by atoms with Gasteiger partial charge in [0.25, 0.3) is 0 Å². The number of aliphatic hydroxyl groups is 1. The zero-order chi connectivity index (χ0) is 11.4. The number of rotatable bonds is 5. The highest BCUT2D eigenvalue weighted by atomic mass is 32.2. The van der Waals surface area contributed by atoms with Crippen molar-refractivity contribution in [3.05, 3.63) is 0 Å². The topological polar surface area (TPSA) is 74.7 Å². The third-order valence-corrected chi connectivity index (χ3v) is 2.60. The SMILES string of the molecule is CC(O)CN(C)C(=O)CCS(C)(=O)=O. The molecule has 0 aromatic heterocycles. The lowest BCUT2D eigenvalue weighted by molar-refractivity contribution is -0.130. The Bertz CT molecular complexity index is 284. The van der Waals surface area contributed by atoms with Crippen LogP contribution >= 0.6 is 0 Å². The van der Waals surface area contributed by atoms with Crippen molar-refractivity contribution in [1.29, 1.82) is 0 Å². The molecule has 0 rings (SSSR count). The maximum Gasteiger partial charge on any atom is 0.223 e. The summed E-state index contributed by atoms with van der Waals surface area (Å²) in [4.78, 5) is 12.6. The van der Waals surface area contributed by atoms with Crippen molar-refractivity contribution >= 4 is 15.7 Å². The molecule has 0 aliphatic heterocycles. The smallest absolute Gasteiger partial charge is 0.223 e. The Hall–Kier alpha value is -0.620. The summed E-state index contributed by atoms with van der Waals surface area (Å²) < 4.78 is 21.5. The van der Waals surface area contributed by atoms with Gasteiger partial charge in [0.2, 0.25) is 5.91 Å². The number of hydrogen-bond acceptors (Lipinski definition) is 4. The van der Waals surface area contributed by atoms with Crippen LogP contribution in [-0.2, 0) is 14.6 Å². The zero-order valence-corrected chi connectivity index (χ0v) is 9.54. The first-order chi connectivity index (χ1) is 6.22. The molecule has 6 heteroatoms. The van der Waals surface area contributed by atoms with E-state index in [4.69, 9.17) is 5.11 Å². The van der Waals surface area contributed by atoms with Crippen LogP contribution in [-0.4, -0.2) is 56.0 Å². The summed E-state index contributed by atoms with van der Waals surface area (Å²) in [7, 11) is -1.55. The van der Waals surface area contributed by atoms with E-state index in [1.807, 2.05) is 0 Å². The number of hydrogen-bond donors (Lipinski definition) is 1. The molecule has 84 valence electrons. The lowest BCUT2D eigenvalue weighted by Crippen LogP contribution is -2.33. The number of amides is 1. The van der Waals surface area contributed by atoms with Gasteiger partial charge >= 0.3 is 0 Å². The molecule has 0 aromatic carbocycles. The second-order valence-corrected chi connectivity index (χ2v) is 5.76. The lowest BCUT2D eigenvalue weighted by Gasteiger charge is -2.18. The number of carbonyl (C=O) groups excluding carboxylic acids is 1. The number of aliphatic hydroxyl groups excluding tert-OH is 1. The first kappa shape index (κ1) is 13.4. The molecule has 5 nitrogen and oxygen atoms in total. The molecule has 0 saturated carbocycles. The molecule has 0 spiro atoms. The predicted molar refractivity (Wildman–Crippen MR) is 53.6 cm³/mol. The average molecular weight is 223 g/mol. The highest BCUT2D eigenvalue weighted by molar-refractivity contribution is 7.90. The molecule has 0 aromatic rings. The van der Waals surface area contributed by atoms with E-state index in [-0.39, 0.29) is 24.6 Å². The molecule has 0 saturated heterocycles. The highest BCUT2D eigenvalue weighted by Crippen LogP contribution is 1.96. The maximum absolute atomic E-state index is 11.3. The first-order valence-electron chi connectivity index (χ1n) is 4.32. The van der Waals surface area contributed by atoms with Crippen molar-refractivity contribution in [2.75, 3.05) is 25.6 Å². The van der Waals surface area contributed by atoms with Gasteiger partial charge in [-0.2, -0.15) is 0 Å². The van der Waals surface area contributed by atoms with Crippen LogP contribution in [0.15, 0.2) is 0 Å². The van der Waals surface area contributed by atoms with E-state index in [1.54, 1.807) is 6.92 Å². The Balaban J connectivity index is 3.97. The van der Waals surface area contributed by atoms with Crippen molar-refractivity contribution in [3.63, 3.8) is 0 Å². The third kappa shape index (κ3) is 6.85. The summed E-state index contributed by atoms with van der Waals surface area (Å²) in [6.07, 6.45) is 0.471. The fourth-order valence-electron chi connectivity index (χ4n) is 0.962. The van der Waals surface area contributed by atoms with Crippen molar-refractivity contribution in [2.24, 2.45) is 0 Å². The third-order valence-electron chi connectivity index (χ3n) is 1.65. The fraction of sp³-hybridized carbons (Fsp3) is 0.875. The largest absolute Gasteiger partial charge is 0.392 e. The quantitative estimate of drug-likeness (QED) is 0.666. The minimum absolute atomic E-state index is 0.0257. The molecule has 0 aliphatic rings. The van der Waals surface area contributed by atoms with Gasteiger partial charge in [0.1, 0.15) is 9.84 Å². The molecule has 0 radical (unpaired) electrons. The highest BCUT2D eigenvalue weighted by Gasteiger charge is 2.13. The van der Waals surface area contributed by atoms with E-state index in [0.29, 0.717) is 0 Å². The van der Waals surface area contributed by atoms with E-state index < -0.39 is 15.9 Å². The zero-order valence-electron chi connectivity index (χ0n) is 8.73. The van der Waals surface area contributed by atoms with Gasteiger partial charge in [0.15, 0.2) is 0 Å². The second kappa shape index (κ2) is 5.31. The normalized spacial score (nSPS) is 13.7. The van der Waals surface area contributed by atoms with Crippen molar-refractivity contribution < 1.29 is 18.3 Å². The van der Waals surface area contributed by atoms with E-state index in [9.17, 15) is 13.2 Å². The standard InChI is InChI=1S/C8H17NO4S/c1-7(10)6-9(2)8(11)4-5-14(3,12)13/h7,10H,4-6H2,1-3H3. The van der Waals surface area contributed by atoms with Crippen molar-refractivity contribution in [1.82, 2.24) is 4.90 Å². The molecule has 0 fully saturated rings. The fourth-order valence-corrected chi connectivity index (χ4v) is 1.51. The van der Waals surface area contributed by atoms with Gasteiger partial charge in [-0.3, -0.25) is 4.79 Å². The molecule has 0 heterocycles. The Kier molecular flexibility index (Phi) is 5.07. The van der Waals surface area contributed by atoms with Gasteiger partial charge in [0, 0.05) is 26.3 Å². The van der Waals surface area contributed by atoms with Crippen LogP contribution in [0.4, 0.5) is 0 Å². The Morgan fingerprint density at radius 1 is 1.50 bits per heavy atom. The van der Waals surface area contributed by atoms with Gasteiger partial charge < -0.3 is 10.0 Å². The predicted octanol–water partition coefficient (Wildman–Crippen LogP) is -0.740. The molecule has 1 atom stereocenters. The average Bonchev–Trinajstić information content (AvgIpc) is 1.97. The van der Waals surface area contributed by atoms with Gasteiger partial charge in [0.05, 0.1) is 11.9 Å². The van der Waals surface area contributed by atoms with Crippen molar-refractivity contribution in [3.8, 4) is 0 Å². The number of likely N-dealkylation sites (N-methyl/N-ethyl adjacent to an activating group) is 1. The Morgan fingerprint density at radius 3 is 2.36 bits per heavy atom. The second-order valence-electron chi connectivity index (χ2n) is 3.50. The summed E-state index contributed by atoms with van der Waals surface area (Å²) in [6, 6.07) is 0. The number of carbonyl (C=O) groups is 1. The van der Waals surface area contributed by atoms with Gasteiger partial charge in [-0.05, 0) is 6.92 Å². The lowest BCUT2D eigenvalue weighted by atomic mass is 10.3. The van der Waals surface area contributed by atoms with Crippen LogP contribution in [0.3, 0.4) is 0 Å².